The van der Waals surface area contributed by atoms with E-state index < -0.39 is 4.92 Å². The van der Waals surface area contributed by atoms with E-state index in [9.17, 15) is 14.9 Å². The molecule has 25 heavy (non-hydrogen) atoms. The van der Waals surface area contributed by atoms with Crippen LogP contribution in [-0.4, -0.2) is 23.2 Å². The van der Waals surface area contributed by atoms with Crippen molar-refractivity contribution in [2.45, 2.75) is 30.4 Å². The Morgan fingerprint density at radius 3 is 2.48 bits per heavy atom. The lowest BCUT2D eigenvalue weighted by atomic mass is 10.1. The molecule has 0 heterocycles. The Kier molecular flexibility index (Phi) is 6.41. The monoisotopic (exact) mass is 360 g/mol. The van der Waals surface area contributed by atoms with Gasteiger partial charge in [-0.1, -0.05) is 26.0 Å². The van der Waals surface area contributed by atoms with Crippen molar-refractivity contribution in [1.82, 2.24) is 0 Å². The first-order chi connectivity index (χ1) is 11.9. The number of ether oxygens (including phenoxy) is 1. The maximum Gasteiger partial charge on any atom is 0.271 e. The predicted molar refractivity (Wildman–Crippen MR) is 99.4 cm³/mol. The maximum atomic E-state index is 12.3. The fraction of sp³-hybridized carbons (Fsp3) is 0.278. The molecule has 0 fully saturated rings. The molecule has 0 radical (unpaired) electrons. The van der Waals surface area contributed by atoms with Crippen LogP contribution in [-0.2, 0) is 11.2 Å². The van der Waals surface area contributed by atoms with Crippen LogP contribution < -0.4 is 10.1 Å². The lowest BCUT2D eigenvalue weighted by Crippen LogP contribution is -2.15. The highest BCUT2D eigenvalue weighted by Crippen LogP contribution is 2.29. The second kappa shape index (κ2) is 8.53. The number of methoxy groups -OCH3 is 1. The smallest absolute Gasteiger partial charge is 0.271 e. The van der Waals surface area contributed by atoms with Crippen molar-refractivity contribution in [1.29, 1.82) is 0 Å². The molecule has 6 nitrogen and oxygen atoms in total. The molecule has 0 aliphatic carbocycles. The zero-order chi connectivity index (χ0) is 18.4. The zero-order valence-electron chi connectivity index (χ0n) is 14.3. The standard InChI is InChI=1S/C18H20N2O4S/c1-12(2)25-15-7-4-13(5-8-15)10-18(21)19-16-11-14(20(22)23)6-9-17(16)24-3/h4-9,11-12H,10H2,1-3H3,(H,19,21). The van der Waals surface area contributed by atoms with E-state index in [0.717, 1.165) is 10.5 Å². The highest BCUT2D eigenvalue weighted by atomic mass is 32.2. The molecule has 0 saturated heterocycles. The van der Waals surface area contributed by atoms with Crippen LogP contribution in [0, 0.1) is 10.1 Å². The summed E-state index contributed by atoms with van der Waals surface area (Å²) in [6.45, 7) is 4.25. The normalized spacial score (nSPS) is 10.6. The molecule has 0 atom stereocenters. The van der Waals surface area contributed by atoms with Gasteiger partial charge in [-0.25, -0.2) is 0 Å². The van der Waals surface area contributed by atoms with Crippen molar-refractivity contribution in [3.05, 3.63) is 58.1 Å². The molecule has 2 aromatic rings. The lowest BCUT2D eigenvalue weighted by Gasteiger charge is -2.10. The van der Waals surface area contributed by atoms with Gasteiger partial charge < -0.3 is 10.1 Å². The van der Waals surface area contributed by atoms with Gasteiger partial charge in [0.25, 0.3) is 5.69 Å². The molecule has 0 aromatic heterocycles. The third-order valence-corrected chi connectivity index (χ3v) is 4.34. The number of hydrogen-bond donors (Lipinski definition) is 1. The number of non-ortho nitro benzene ring substituents is 1. The average Bonchev–Trinajstić information content (AvgIpc) is 2.56. The number of nitro groups is 1. The van der Waals surface area contributed by atoms with Gasteiger partial charge in [-0.3, -0.25) is 14.9 Å². The molecular formula is C18H20N2O4S. The molecule has 1 N–H and O–H groups in total. The molecule has 132 valence electrons. The Morgan fingerprint density at radius 2 is 1.92 bits per heavy atom. The number of rotatable bonds is 7. The number of nitrogens with one attached hydrogen (secondary N) is 1. The molecule has 0 bridgehead atoms. The van der Waals surface area contributed by atoms with E-state index >= 15 is 0 Å². The quantitative estimate of drug-likeness (QED) is 0.453. The van der Waals surface area contributed by atoms with Crippen LogP contribution in [0.1, 0.15) is 19.4 Å². The summed E-state index contributed by atoms with van der Waals surface area (Å²) in [6.07, 6.45) is 0.179. The predicted octanol–water partition coefficient (Wildman–Crippen LogP) is 4.29. The molecule has 0 unspecified atom stereocenters. The zero-order valence-corrected chi connectivity index (χ0v) is 15.1. The number of carbonyl (C=O) groups excluding carboxylic acids is 1. The summed E-state index contributed by atoms with van der Waals surface area (Å²) in [5.74, 6) is 0.116. The molecule has 0 aliphatic rings. The number of hydrogen-bond acceptors (Lipinski definition) is 5. The Labute approximate surface area is 150 Å². The largest absolute Gasteiger partial charge is 0.495 e. The van der Waals surface area contributed by atoms with Gasteiger partial charge in [0, 0.05) is 22.3 Å². The summed E-state index contributed by atoms with van der Waals surface area (Å²) in [5, 5.41) is 14.1. The van der Waals surface area contributed by atoms with Crippen molar-refractivity contribution >= 4 is 29.0 Å². The minimum Gasteiger partial charge on any atom is -0.495 e. The Bertz CT molecular complexity index is 760. The summed E-state index contributed by atoms with van der Waals surface area (Å²) in [6, 6.07) is 11.9. The number of nitrogens with zero attached hydrogens (tertiary/aromatic N) is 1. The molecule has 1 amide bonds. The Morgan fingerprint density at radius 1 is 1.24 bits per heavy atom. The van der Waals surface area contributed by atoms with Crippen molar-refractivity contribution in [3.8, 4) is 5.75 Å². The van der Waals surface area contributed by atoms with Crippen LogP contribution >= 0.6 is 11.8 Å². The highest BCUT2D eigenvalue weighted by molar-refractivity contribution is 7.99. The van der Waals surface area contributed by atoms with Crippen molar-refractivity contribution in [2.24, 2.45) is 0 Å². The topological polar surface area (TPSA) is 81.5 Å². The molecular weight excluding hydrogens is 340 g/mol. The van der Waals surface area contributed by atoms with Gasteiger partial charge in [0.15, 0.2) is 0 Å². The Balaban J connectivity index is 2.07. The number of benzene rings is 2. The van der Waals surface area contributed by atoms with Crippen molar-refractivity contribution in [2.75, 3.05) is 12.4 Å². The van der Waals surface area contributed by atoms with Crippen LogP contribution in [0.4, 0.5) is 11.4 Å². The molecule has 0 saturated carbocycles. The summed E-state index contributed by atoms with van der Waals surface area (Å²) >= 11 is 1.76. The van der Waals surface area contributed by atoms with Crippen LogP contribution in [0.25, 0.3) is 0 Å². The summed E-state index contributed by atoms with van der Waals surface area (Å²) in [4.78, 5) is 23.8. The first-order valence-electron chi connectivity index (χ1n) is 7.77. The lowest BCUT2D eigenvalue weighted by molar-refractivity contribution is -0.384. The molecule has 0 spiro atoms. The van der Waals surface area contributed by atoms with Gasteiger partial charge in [0.05, 0.1) is 24.1 Å². The van der Waals surface area contributed by atoms with Crippen LogP contribution in [0.15, 0.2) is 47.4 Å². The first-order valence-corrected chi connectivity index (χ1v) is 8.65. The van der Waals surface area contributed by atoms with Crippen molar-refractivity contribution < 1.29 is 14.5 Å². The van der Waals surface area contributed by atoms with Gasteiger partial charge >= 0.3 is 0 Å². The molecule has 2 aromatic carbocycles. The van der Waals surface area contributed by atoms with Crippen LogP contribution in [0.5, 0.6) is 5.75 Å². The third-order valence-electron chi connectivity index (χ3n) is 3.33. The van der Waals surface area contributed by atoms with E-state index in [2.05, 4.69) is 19.2 Å². The van der Waals surface area contributed by atoms with Gasteiger partial charge in [0.1, 0.15) is 5.75 Å². The van der Waals surface area contributed by atoms with Crippen LogP contribution in [0.3, 0.4) is 0 Å². The second-order valence-corrected chi connectivity index (χ2v) is 7.33. The number of carbonyl (C=O) groups is 1. The Hall–Kier alpha value is -2.54. The number of nitro benzene ring substituents is 1. The third kappa shape index (κ3) is 5.49. The fourth-order valence-electron chi connectivity index (χ4n) is 2.25. The van der Waals surface area contributed by atoms with E-state index in [4.69, 9.17) is 4.74 Å². The molecule has 7 heteroatoms. The SMILES string of the molecule is COc1ccc([N+](=O)[O-])cc1NC(=O)Cc1ccc(SC(C)C)cc1. The summed E-state index contributed by atoms with van der Waals surface area (Å²) in [5.41, 5.74) is 1.05. The number of thioether (sulfide) groups is 1. The van der Waals surface area contributed by atoms with E-state index in [0.29, 0.717) is 11.0 Å². The number of amides is 1. The van der Waals surface area contributed by atoms with Crippen LogP contribution in [0.2, 0.25) is 0 Å². The van der Waals surface area contributed by atoms with E-state index in [1.165, 1.54) is 25.3 Å². The van der Waals surface area contributed by atoms with Crippen molar-refractivity contribution in [3.63, 3.8) is 0 Å². The minimum atomic E-state index is -0.514. The van der Waals surface area contributed by atoms with E-state index in [1.807, 2.05) is 24.3 Å². The molecule has 2 rings (SSSR count). The fourth-order valence-corrected chi connectivity index (χ4v) is 3.08. The van der Waals surface area contributed by atoms with Gasteiger partial charge in [-0.15, -0.1) is 11.8 Å². The van der Waals surface area contributed by atoms with E-state index in [1.54, 1.807) is 11.8 Å². The maximum absolute atomic E-state index is 12.3. The van der Waals surface area contributed by atoms with E-state index in [-0.39, 0.29) is 23.7 Å². The average molecular weight is 360 g/mol. The summed E-state index contributed by atoms with van der Waals surface area (Å²) < 4.78 is 5.14. The molecule has 0 aliphatic heterocycles. The second-order valence-electron chi connectivity index (χ2n) is 5.68. The summed E-state index contributed by atoms with van der Waals surface area (Å²) in [7, 11) is 1.45. The van der Waals surface area contributed by atoms with Gasteiger partial charge in [-0.2, -0.15) is 0 Å². The number of anilines is 1. The highest BCUT2D eigenvalue weighted by Gasteiger charge is 2.14. The van der Waals surface area contributed by atoms with Gasteiger partial charge in [0.2, 0.25) is 5.91 Å². The van der Waals surface area contributed by atoms with Gasteiger partial charge in [-0.05, 0) is 23.8 Å². The minimum absolute atomic E-state index is 0.105. The first kappa shape index (κ1) is 18.8.